The van der Waals surface area contributed by atoms with Crippen molar-refractivity contribution in [2.75, 3.05) is 11.9 Å². The Morgan fingerprint density at radius 1 is 1.33 bits per heavy atom. The summed E-state index contributed by atoms with van der Waals surface area (Å²) >= 11 is 0. The van der Waals surface area contributed by atoms with Crippen LogP contribution in [0.4, 0.5) is 5.82 Å². The van der Waals surface area contributed by atoms with Crippen LogP contribution in [0.25, 0.3) is 5.65 Å². The summed E-state index contributed by atoms with van der Waals surface area (Å²) in [6.45, 7) is 7.25. The van der Waals surface area contributed by atoms with Crippen molar-refractivity contribution in [3.8, 4) is 0 Å². The van der Waals surface area contributed by atoms with E-state index in [4.69, 9.17) is 0 Å². The molecule has 4 nitrogen and oxygen atoms in total. The van der Waals surface area contributed by atoms with Crippen molar-refractivity contribution in [1.29, 1.82) is 0 Å². The molecule has 2 heterocycles. The Morgan fingerprint density at radius 2 is 2.13 bits per heavy atom. The maximum Gasteiger partial charge on any atom is 0.156 e. The van der Waals surface area contributed by atoms with E-state index in [-0.39, 0.29) is 0 Å². The van der Waals surface area contributed by atoms with Crippen molar-refractivity contribution >= 4 is 11.5 Å². The van der Waals surface area contributed by atoms with Gasteiger partial charge in [-0.3, -0.25) is 0 Å². The molecule has 0 aromatic carbocycles. The average molecular weight is 204 g/mol. The number of nitrogens with zero attached hydrogens (tertiary/aromatic N) is 3. The van der Waals surface area contributed by atoms with E-state index in [0.717, 1.165) is 24.4 Å². The highest BCUT2D eigenvalue weighted by Gasteiger charge is 2.08. The van der Waals surface area contributed by atoms with Crippen LogP contribution >= 0.6 is 0 Å². The first-order valence-electron chi connectivity index (χ1n) is 5.28. The van der Waals surface area contributed by atoms with Gasteiger partial charge in [-0.15, -0.1) is 5.10 Å². The number of nitrogens with one attached hydrogen (secondary N) is 1. The molecular formula is C11H16N4. The number of aromatic nitrogens is 3. The van der Waals surface area contributed by atoms with Crippen LogP contribution in [0.3, 0.4) is 0 Å². The van der Waals surface area contributed by atoms with Crippen molar-refractivity contribution in [1.82, 2.24) is 14.6 Å². The second-order valence-electron chi connectivity index (χ2n) is 3.72. The van der Waals surface area contributed by atoms with Gasteiger partial charge in [0, 0.05) is 24.5 Å². The number of hydrogen-bond acceptors (Lipinski definition) is 3. The maximum absolute atomic E-state index is 4.48. The predicted octanol–water partition coefficient (Wildman–Crippen LogP) is 2.17. The monoisotopic (exact) mass is 204 g/mol. The molecule has 0 atom stereocenters. The Kier molecular flexibility index (Phi) is 2.58. The van der Waals surface area contributed by atoms with E-state index < -0.39 is 0 Å². The molecule has 0 aliphatic rings. The molecule has 0 bridgehead atoms. The summed E-state index contributed by atoms with van der Waals surface area (Å²) in [5.41, 5.74) is 3.31. The molecule has 4 heteroatoms. The van der Waals surface area contributed by atoms with Crippen LogP contribution in [-0.4, -0.2) is 21.1 Å². The summed E-state index contributed by atoms with van der Waals surface area (Å²) in [7, 11) is 0. The summed E-state index contributed by atoms with van der Waals surface area (Å²) in [5, 5.41) is 7.80. The molecule has 0 saturated heterocycles. The summed E-state index contributed by atoms with van der Waals surface area (Å²) in [5.74, 6) is 0.958. The Labute approximate surface area is 89.3 Å². The number of hydrogen-bond donors (Lipinski definition) is 1. The topological polar surface area (TPSA) is 42.2 Å². The zero-order valence-electron chi connectivity index (χ0n) is 9.41. The third-order valence-corrected chi connectivity index (χ3v) is 2.62. The molecule has 1 N–H and O–H groups in total. The van der Waals surface area contributed by atoms with E-state index in [9.17, 15) is 0 Å². The van der Waals surface area contributed by atoms with Gasteiger partial charge in [0.1, 0.15) is 5.82 Å². The van der Waals surface area contributed by atoms with E-state index in [0.29, 0.717) is 0 Å². The molecule has 0 amide bonds. The molecule has 0 aliphatic carbocycles. The van der Waals surface area contributed by atoms with Gasteiger partial charge in [-0.05, 0) is 25.8 Å². The van der Waals surface area contributed by atoms with E-state index in [1.807, 2.05) is 10.7 Å². The SMILES string of the molecule is CCCNc1nn2ccnc2c(C)c1C. The third-order valence-electron chi connectivity index (χ3n) is 2.62. The molecule has 0 radical (unpaired) electrons. The molecule has 0 aliphatic heterocycles. The van der Waals surface area contributed by atoms with Crippen molar-refractivity contribution < 1.29 is 0 Å². The van der Waals surface area contributed by atoms with Crippen LogP contribution in [-0.2, 0) is 0 Å². The minimum Gasteiger partial charge on any atom is -0.368 e. The van der Waals surface area contributed by atoms with Gasteiger partial charge in [-0.1, -0.05) is 6.92 Å². The minimum absolute atomic E-state index is 0.939. The van der Waals surface area contributed by atoms with Crippen LogP contribution in [0.5, 0.6) is 0 Å². The van der Waals surface area contributed by atoms with Gasteiger partial charge in [0.05, 0.1) is 0 Å². The van der Waals surface area contributed by atoms with Gasteiger partial charge < -0.3 is 5.32 Å². The van der Waals surface area contributed by atoms with Crippen LogP contribution < -0.4 is 5.32 Å². The van der Waals surface area contributed by atoms with E-state index in [2.05, 4.69) is 36.2 Å². The van der Waals surface area contributed by atoms with E-state index in [1.165, 1.54) is 11.1 Å². The van der Waals surface area contributed by atoms with Gasteiger partial charge in [0.15, 0.2) is 5.65 Å². The Morgan fingerprint density at radius 3 is 2.87 bits per heavy atom. The van der Waals surface area contributed by atoms with Crippen molar-refractivity contribution in [2.24, 2.45) is 0 Å². The number of imidazole rings is 1. The second-order valence-corrected chi connectivity index (χ2v) is 3.72. The molecule has 0 unspecified atom stereocenters. The smallest absolute Gasteiger partial charge is 0.156 e. The summed E-state index contributed by atoms with van der Waals surface area (Å²) in [4.78, 5) is 4.27. The molecule has 2 rings (SSSR count). The predicted molar refractivity (Wildman–Crippen MR) is 61.2 cm³/mol. The van der Waals surface area contributed by atoms with Gasteiger partial charge in [0.2, 0.25) is 0 Å². The summed E-state index contributed by atoms with van der Waals surface area (Å²) in [6, 6.07) is 0. The summed E-state index contributed by atoms with van der Waals surface area (Å²) in [6.07, 6.45) is 4.75. The zero-order valence-corrected chi connectivity index (χ0v) is 9.41. The second kappa shape index (κ2) is 3.88. The lowest BCUT2D eigenvalue weighted by Gasteiger charge is -2.10. The van der Waals surface area contributed by atoms with Crippen molar-refractivity contribution in [3.05, 3.63) is 23.5 Å². The molecule has 2 aromatic heterocycles. The lowest BCUT2D eigenvalue weighted by molar-refractivity contribution is 0.891. The molecular weight excluding hydrogens is 188 g/mol. The fraction of sp³-hybridized carbons (Fsp3) is 0.455. The standard InChI is InChI=1S/C11H16N4/c1-4-5-12-10-8(2)9(3)11-13-6-7-15(11)14-10/h6-7H,4-5H2,1-3H3,(H,12,14). The highest BCUT2D eigenvalue weighted by molar-refractivity contribution is 5.58. The highest BCUT2D eigenvalue weighted by atomic mass is 15.3. The normalized spacial score (nSPS) is 10.9. The number of aryl methyl sites for hydroxylation is 1. The Hall–Kier alpha value is -1.58. The van der Waals surface area contributed by atoms with Gasteiger partial charge >= 0.3 is 0 Å². The largest absolute Gasteiger partial charge is 0.368 e. The van der Waals surface area contributed by atoms with Crippen LogP contribution in [0.15, 0.2) is 12.4 Å². The number of rotatable bonds is 3. The quantitative estimate of drug-likeness (QED) is 0.833. The van der Waals surface area contributed by atoms with Crippen LogP contribution in [0.2, 0.25) is 0 Å². The number of anilines is 1. The van der Waals surface area contributed by atoms with Crippen LogP contribution in [0, 0.1) is 13.8 Å². The molecule has 0 saturated carbocycles. The minimum atomic E-state index is 0.939. The fourth-order valence-corrected chi connectivity index (χ4v) is 1.59. The molecule has 80 valence electrons. The lowest BCUT2D eigenvalue weighted by atomic mass is 10.2. The fourth-order valence-electron chi connectivity index (χ4n) is 1.59. The molecule has 2 aromatic rings. The van der Waals surface area contributed by atoms with E-state index >= 15 is 0 Å². The average Bonchev–Trinajstić information content (AvgIpc) is 2.69. The number of fused-ring (bicyclic) bond motifs is 1. The van der Waals surface area contributed by atoms with Gasteiger partial charge in [0.25, 0.3) is 0 Å². The Bertz CT molecular complexity index is 473. The first kappa shape index (κ1) is 9.96. The van der Waals surface area contributed by atoms with E-state index in [1.54, 1.807) is 6.20 Å². The highest BCUT2D eigenvalue weighted by Crippen LogP contribution is 2.18. The molecule has 0 spiro atoms. The van der Waals surface area contributed by atoms with Gasteiger partial charge in [-0.25, -0.2) is 9.50 Å². The first-order valence-corrected chi connectivity index (χ1v) is 5.28. The lowest BCUT2D eigenvalue weighted by Crippen LogP contribution is -2.08. The maximum atomic E-state index is 4.48. The van der Waals surface area contributed by atoms with Crippen molar-refractivity contribution in [2.45, 2.75) is 27.2 Å². The Balaban J connectivity index is 2.50. The first-order chi connectivity index (χ1) is 7.24. The van der Waals surface area contributed by atoms with Gasteiger partial charge in [-0.2, -0.15) is 0 Å². The third kappa shape index (κ3) is 1.67. The summed E-state index contributed by atoms with van der Waals surface area (Å²) < 4.78 is 1.82. The van der Waals surface area contributed by atoms with Crippen molar-refractivity contribution in [3.63, 3.8) is 0 Å². The zero-order chi connectivity index (χ0) is 10.8. The molecule has 15 heavy (non-hydrogen) atoms. The molecule has 0 fully saturated rings. The van der Waals surface area contributed by atoms with Crippen LogP contribution in [0.1, 0.15) is 24.5 Å².